The van der Waals surface area contributed by atoms with E-state index >= 15 is 0 Å². The van der Waals surface area contributed by atoms with E-state index in [-0.39, 0.29) is 23.2 Å². The number of hydrogen-bond donors (Lipinski definition) is 1. The molecule has 1 saturated heterocycles. The van der Waals surface area contributed by atoms with Gasteiger partial charge < -0.3 is 10.1 Å². The SMILES string of the molecule is [C-]#[N+]c1ccc(Nc2ncnc(OC3C4CCC3CN(S(=O)(=O)C3CC3)C4)c2C)c(Cl)c1. The average Bonchev–Trinajstić information content (AvgIpc) is 3.60. The highest BCUT2D eigenvalue weighted by molar-refractivity contribution is 7.90. The van der Waals surface area contributed by atoms with Gasteiger partial charge in [0, 0.05) is 24.9 Å². The van der Waals surface area contributed by atoms with Crippen molar-refractivity contribution in [3.8, 4) is 5.88 Å². The van der Waals surface area contributed by atoms with Crippen LogP contribution in [0, 0.1) is 25.3 Å². The molecule has 2 heterocycles. The fourth-order valence-corrected chi connectivity index (χ4v) is 6.89. The van der Waals surface area contributed by atoms with Gasteiger partial charge in [0.25, 0.3) is 0 Å². The fourth-order valence-electron chi connectivity index (χ4n) is 4.72. The summed E-state index contributed by atoms with van der Waals surface area (Å²) in [6.07, 6.45) is 4.89. The summed E-state index contributed by atoms with van der Waals surface area (Å²) >= 11 is 6.30. The summed E-state index contributed by atoms with van der Waals surface area (Å²) in [5, 5.41) is 3.46. The van der Waals surface area contributed by atoms with Gasteiger partial charge in [0.05, 0.1) is 28.1 Å². The van der Waals surface area contributed by atoms with Crippen molar-refractivity contribution in [2.45, 2.75) is 44.0 Å². The third-order valence-electron chi connectivity index (χ3n) is 6.64. The number of anilines is 2. The van der Waals surface area contributed by atoms with E-state index in [1.807, 2.05) is 6.92 Å². The molecular weight excluding hydrogens is 450 g/mol. The molecule has 1 aromatic heterocycles. The Morgan fingerprint density at radius 2 is 1.91 bits per heavy atom. The largest absolute Gasteiger partial charge is 0.473 e. The first-order valence-electron chi connectivity index (χ1n) is 10.8. The van der Waals surface area contributed by atoms with E-state index in [0.717, 1.165) is 31.2 Å². The normalized spacial score (nSPS) is 25.3. The standard InChI is InChI=1S/C22H24ClN5O3S/c1-13-21(27-19-8-5-16(24-2)9-18(19)23)25-12-26-22(13)31-20-14-3-4-15(20)11-28(10-14)32(29,30)17-6-7-17/h5,8-9,12,14-15,17,20H,3-4,6-7,10-11H2,1H3,(H,25,26,27). The smallest absolute Gasteiger partial charge is 0.221 e. The molecule has 8 nitrogen and oxygen atoms in total. The zero-order valence-corrected chi connectivity index (χ0v) is 19.2. The van der Waals surface area contributed by atoms with Crippen LogP contribution in [0.25, 0.3) is 4.85 Å². The Balaban J connectivity index is 1.32. The lowest BCUT2D eigenvalue weighted by molar-refractivity contribution is 0.0602. The number of fused-ring (bicyclic) bond motifs is 2. The van der Waals surface area contributed by atoms with Crippen LogP contribution in [0.4, 0.5) is 17.2 Å². The van der Waals surface area contributed by atoms with E-state index in [4.69, 9.17) is 22.9 Å². The lowest BCUT2D eigenvalue weighted by Gasteiger charge is -2.37. The predicted octanol–water partition coefficient (Wildman–Crippen LogP) is 4.31. The van der Waals surface area contributed by atoms with Crippen LogP contribution in [0.2, 0.25) is 5.02 Å². The summed E-state index contributed by atoms with van der Waals surface area (Å²) < 4.78 is 33.5. The molecule has 1 aliphatic heterocycles. The second kappa shape index (κ2) is 8.18. The summed E-state index contributed by atoms with van der Waals surface area (Å²) in [5.41, 5.74) is 1.87. The third kappa shape index (κ3) is 3.91. The van der Waals surface area contributed by atoms with Crippen LogP contribution < -0.4 is 10.1 Å². The van der Waals surface area contributed by atoms with Crippen molar-refractivity contribution in [1.82, 2.24) is 14.3 Å². The highest BCUT2D eigenvalue weighted by Gasteiger charge is 2.50. The van der Waals surface area contributed by atoms with Gasteiger partial charge in [-0.15, -0.1) is 0 Å². The summed E-state index contributed by atoms with van der Waals surface area (Å²) in [6.45, 7) is 10.0. The number of rotatable bonds is 6. The monoisotopic (exact) mass is 473 g/mol. The summed E-state index contributed by atoms with van der Waals surface area (Å²) in [5.74, 6) is 1.41. The molecule has 32 heavy (non-hydrogen) atoms. The van der Waals surface area contributed by atoms with Crippen LogP contribution in [-0.2, 0) is 10.0 Å². The molecule has 2 unspecified atom stereocenters. The highest BCUT2D eigenvalue weighted by Crippen LogP contribution is 2.43. The Morgan fingerprint density at radius 3 is 2.53 bits per heavy atom. The topological polar surface area (TPSA) is 88.8 Å². The van der Waals surface area contributed by atoms with Crippen LogP contribution in [0.5, 0.6) is 5.88 Å². The van der Waals surface area contributed by atoms with E-state index in [1.54, 1.807) is 22.5 Å². The number of aromatic nitrogens is 2. The molecule has 1 N–H and O–H groups in total. The molecule has 3 aliphatic rings. The van der Waals surface area contributed by atoms with E-state index in [1.165, 1.54) is 6.33 Å². The van der Waals surface area contributed by atoms with Crippen LogP contribution in [-0.4, -0.2) is 47.1 Å². The van der Waals surface area contributed by atoms with Gasteiger partial charge in [-0.25, -0.2) is 27.5 Å². The molecule has 2 atom stereocenters. The van der Waals surface area contributed by atoms with Gasteiger partial charge >= 0.3 is 0 Å². The summed E-state index contributed by atoms with van der Waals surface area (Å²) in [6, 6.07) is 5.04. The minimum atomic E-state index is -3.16. The average molecular weight is 474 g/mol. The van der Waals surface area contributed by atoms with Gasteiger partial charge in [0.1, 0.15) is 18.2 Å². The third-order valence-corrected chi connectivity index (χ3v) is 9.28. The van der Waals surface area contributed by atoms with Crippen LogP contribution >= 0.6 is 11.6 Å². The maximum Gasteiger partial charge on any atom is 0.221 e. The molecule has 0 amide bonds. The van der Waals surface area contributed by atoms with Gasteiger partial charge in [-0.3, -0.25) is 0 Å². The summed E-state index contributed by atoms with van der Waals surface area (Å²) in [7, 11) is -3.16. The molecule has 0 radical (unpaired) electrons. The molecule has 2 aromatic rings. The second-order valence-corrected chi connectivity index (χ2v) is 11.4. The van der Waals surface area contributed by atoms with Crippen molar-refractivity contribution in [3.05, 3.63) is 46.5 Å². The Morgan fingerprint density at radius 1 is 1.19 bits per heavy atom. The van der Waals surface area contributed by atoms with Crippen molar-refractivity contribution in [3.63, 3.8) is 0 Å². The Kier molecular flexibility index (Phi) is 5.48. The number of nitrogens with zero attached hydrogens (tertiary/aromatic N) is 4. The van der Waals surface area contributed by atoms with Gasteiger partial charge in [-0.2, -0.15) is 0 Å². The van der Waals surface area contributed by atoms with E-state index in [2.05, 4.69) is 20.1 Å². The number of sulfonamides is 1. The molecule has 0 spiro atoms. The molecule has 1 aromatic carbocycles. The van der Waals surface area contributed by atoms with Gasteiger partial charge in [-0.05, 0) is 44.7 Å². The number of halogens is 1. The minimum absolute atomic E-state index is 0.0522. The zero-order chi connectivity index (χ0) is 22.5. The first-order valence-corrected chi connectivity index (χ1v) is 12.7. The molecule has 2 aliphatic carbocycles. The van der Waals surface area contributed by atoms with Gasteiger partial charge in [0.15, 0.2) is 5.69 Å². The fraction of sp³-hybridized carbons (Fsp3) is 0.500. The van der Waals surface area contributed by atoms with Crippen molar-refractivity contribution in [1.29, 1.82) is 0 Å². The van der Waals surface area contributed by atoms with Crippen molar-refractivity contribution < 1.29 is 13.2 Å². The first kappa shape index (κ1) is 21.4. The molecule has 3 fully saturated rings. The van der Waals surface area contributed by atoms with Crippen LogP contribution in [0.3, 0.4) is 0 Å². The van der Waals surface area contributed by atoms with E-state index in [9.17, 15) is 8.42 Å². The zero-order valence-electron chi connectivity index (χ0n) is 17.7. The number of benzene rings is 1. The predicted molar refractivity (Wildman–Crippen MR) is 122 cm³/mol. The highest BCUT2D eigenvalue weighted by atomic mass is 35.5. The molecule has 5 rings (SSSR count). The molecule has 2 saturated carbocycles. The van der Waals surface area contributed by atoms with Crippen LogP contribution in [0.1, 0.15) is 31.2 Å². The van der Waals surface area contributed by atoms with Gasteiger partial charge in [0.2, 0.25) is 15.9 Å². The number of piperidine rings is 1. The first-order chi connectivity index (χ1) is 15.4. The van der Waals surface area contributed by atoms with E-state index < -0.39 is 10.0 Å². The molecule has 10 heteroatoms. The number of nitrogens with one attached hydrogen (secondary N) is 1. The maximum absolute atomic E-state index is 12.7. The van der Waals surface area contributed by atoms with Crippen LogP contribution in [0.15, 0.2) is 24.5 Å². The minimum Gasteiger partial charge on any atom is -0.473 e. The van der Waals surface area contributed by atoms with Gasteiger partial charge in [-0.1, -0.05) is 17.7 Å². The van der Waals surface area contributed by atoms with Crippen molar-refractivity contribution in [2.24, 2.45) is 11.8 Å². The molecule has 168 valence electrons. The molecular formula is C22H24ClN5O3S. The van der Waals surface area contributed by atoms with Crippen molar-refractivity contribution >= 4 is 38.8 Å². The molecule has 2 bridgehead atoms. The quantitative estimate of drug-likeness (QED) is 0.629. The van der Waals surface area contributed by atoms with E-state index in [0.29, 0.717) is 41.2 Å². The lowest BCUT2D eigenvalue weighted by Crippen LogP contribution is -2.50. The Hall–Kier alpha value is -2.41. The summed E-state index contributed by atoms with van der Waals surface area (Å²) in [4.78, 5) is 12.1. The number of ether oxygens (including phenoxy) is 1. The lowest BCUT2D eigenvalue weighted by atomic mass is 9.96. The van der Waals surface area contributed by atoms with Crippen molar-refractivity contribution in [2.75, 3.05) is 18.4 Å². The maximum atomic E-state index is 12.7. The second-order valence-electron chi connectivity index (χ2n) is 8.79. The Bertz CT molecular complexity index is 1180. The Labute approximate surface area is 192 Å². The number of hydrogen-bond acceptors (Lipinski definition) is 6.